The van der Waals surface area contributed by atoms with Crippen LogP contribution in [0.3, 0.4) is 0 Å². The molecule has 0 spiro atoms. The zero-order chi connectivity index (χ0) is 15.8. The van der Waals surface area contributed by atoms with Crippen molar-refractivity contribution >= 4 is 11.6 Å². The summed E-state index contributed by atoms with van der Waals surface area (Å²) < 4.78 is 5.21. The van der Waals surface area contributed by atoms with Gasteiger partial charge in [-0.15, -0.1) is 0 Å². The fourth-order valence-electron chi connectivity index (χ4n) is 2.14. The summed E-state index contributed by atoms with van der Waals surface area (Å²) in [5.74, 6) is 1.30. The Morgan fingerprint density at radius 3 is 2.59 bits per heavy atom. The largest absolute Gasteiger partial charge is 0.497 e. The predicted molar refractivity (Wildman–Crippen MR) is 92.6 cm³/mol. The summed E-state index contributed by atoms with van der Waals surface area (Å²) in [6, 6.07) is 16.2. The quantitative estimate of drug-likeness (QED) is 0.635. The second kappa shape index (κ2) is 8.08. The van der Waals surface area contributed by atoms with Crippen molar-refractivity contribution in [3.05, 3.63) is 59.7 Å². The van der Waals surface area contributed by atoms with Crippen LogP contribution >= 0.6 is 0 Å². The zero-order valence-corrected chi connectivity index (χ0v) is 13.2. The number of rotatable bonds is 6. The molecule has 0 radical (unpaired) electrons. The third-order valence-electron chi connectivity index (χ3n) is 3.45. The number of hydrogen-bond donors (Lipinski definition) is 2. The summed E-state index contributed by atoms with van der Waals surface area (Å²) in [6.45, 7) is 2.77. The van der Waals surface area contributed by atoms with E-state index >= 15 is 0 Å². The van der Waals surface area contributed by atoms with E-state index < -0.39 is 0 Å². The molecule has 0 bridgehead atoms. The highest BCUT2D eigenvalue weighted by molar-refractivity contribution is 5.92. The molecule has 3 N–H and O–H groups in total. The predicted octanol–water partition coefficient (Wildman–Crippen LogP) is 3.23. The summed E-state index contributed by atoms with van der Waals surface area (Å²) >= 11 is 0. The van der Waals surface area contributed by atoms with Gasteiger partial charge in [0.1, 0.15) is 5.75 Å². The molecule has 0 amide bonds. The van der Waals surface area contributed by atoms with Crippen molar-refractivity contribution in [1.29, 1.82) is 0 Å². The van der Waals surface area contributed by atoms with Crippen LogP contribution < -0.4 is 15.8 Å². The summed E-state index contributed by atoms with van der Waals surface area (Å²) in [7, 11) is 1.67. The maximum Gasteiger partial charge on any atom is 0.193 e. The van der Waals surface area contributed by atoms with Gasteiger partial charge in [-0.2, -0.15) is 0 Å². The molecule has 22 heavy (non-hydrogen) atoms. The Balaban J connectivity index is 1.86. The van der Waals surface area contributed by atoms with Crippen LogP contribution in [0.2, 0.25) is 0 Å². The number of methoxy groups -OCH3 is 1. The Morgan fingerprint density at radius 2 is 1.91 bits per heavy atom. The van der Waals surface area contributed by atoms with E-state index in [-0.39, 0.29) is 0 Å². The van der Waals surface area contributed by atoms with Crippen molar-refractivity contribution < 1.29 is 4.74 Å². The van der Waals surface area contributed by atoms with Gasteiger partial charge in [-0.1, -0.05) is 31.2 Å². The van der Waals surface area contributed by atoms with Gasteiger partial charge in [0.15, 0.2) is 5.96 Å². The first-order valence-electron chi connectivity index (χ1n) is 7.50. The highest BCUT2D eigenvalue weighted by atomic mass is 16.5. The Morgan fingerprint density at radius 1 is 1.14 bits per heavy atom. The van der Waals surface area contributed by atoms with E-state index in [1.807, 2.05) is 30.3 Å². The molecule has 0 saturated heterocycles. The van der Waals surface area contributed by atoms with E-state index in [2.05, 4.69) is 35.4 Å². The van der Waals surface area contributed by atoms with Crippen LogP contribution in [0.4, 0.5) is 5.69 Å². The minimum Gasteiger partial charge on any atom is -0.497 e. The Hall–Kier alpha value is -2.49. The molecule has 0 heterocycles. The third-order valence-corrected chi connectivity index (χ3v) is 3.45. The van der Waals surface area contributed by atoms with Gasteiger partial charge in [-0.3, -0.25) is 4.99 Å². The van der Waals surface area contributed by atoms with Gasteiger partial charge in [0.2, 0.25) is 0 Å². The molecule has 2 aromatic carbocycles. The van der Waals surface area contributed by atoms with E-state index in [4.69, 9.17) is 10.5 Å². The topological polar surface area (TPSA) is 59.6 Å². The van der Waals surface area contributed by atoms with Crippen LogP contribution in [0, 0.1) is 0 Å². The van der Waals surface area contributed by atoms with Crippen LogP contribution in [-0.4, -0.2) is 19.6 Å². The van der Waals surface area contributed by atoms with Gasteiger partial charge in [0.25, 0.3) is 0 Å². The molecule has 0 aliphatic rings. The third kappa shape index (κ3) is 4.81. The second-order valence-corrected chi connectivity index (χ2v) is 5.04. The molecule has 0 aliphatic heterocycles. The van der Waals surface area contributed by atoms with Crippen LogP contribution in [-0.2, 0) is 12.8 Å². The monoisotopic (exact) mass is 297 g/mol. The summed E-state index contributed by atoms with van der Waals surface area (Å²) in [5, 5.41) is 3.11. The van der Waals surface area contributed by atoms with Gasteiger partial charge in [0, 0.05) is 12.2 Å². The molecule has 0 unspecified atom stereocenters. The highest BCUT2D eigenvalue weighted by Gasteiger charge is 1.98. The molecular formula is C18H23N3O. The Kier molecular flexibility index (Phi) is 5.83. The number of nitrogens with one attached hydrogen (secondary N) is 1. The number of ether oxygens (including phenoxy) is 1. The maximum absolute atomic E-state index is 5.91. The fraction of sp³-hybridized carbons (Fsp3) is 0.278. The lowest BCUT2D eigenvalue weighted by molar-refractivity contribution is 0.414. The number of guanidine groups is 1. The van der Waals surface area contributed by atoms with Gasteiger partial charge in [-0.05, 0) is 48.2 Å². The summed E-state index contributed by atoms with van der Waals surface area (Å²) in [6.07, 6.45) is 1.86. The van der Waals surface area contributed by atoms with Crippen molar-refractivity contribution in [3.8, 4) is 5.75 Å². The summed E-state index contributed by atoms with van der Waals surface area (Å²) in [4.78, 5) is 4.36. The first-order chi connectivity index (χ1) is 10.7. The summed E-state index contributed by atoms with van der Waals surface area (Å²) in [5.41, 5.74) is 9.36. The first kappa shape index (κ1) is 15.9. The van der Waals surface area contributed by atoms with Crippen LogP contribution in [0.15, 0.2) is 53.5 Å². The molecule has 2 rings (SSSR count). The lowest BCUT2D eigenvalue weighted by atomic mass is 10.1. The van der Waals surface area contributed by atoms with Crippen molar-refractivity contribution in [2.45, 2.75) is 19.8 Å². The molecule has 0 aromatic heterocycles. The lowest BCUT2D eigenvalue weighted by Crippen LogP contribution is -2.23. The first-order valence-corrected chi connectivity index (χ1v) is 7.50. The molecule has 0 fully saturated rings. The Bertz CT molecular complexity index is 620. The van der Waals surface area contributed by atoms with Crippen molar-refractivity contribution in [2.24, 2.45) is 10.7 Å². The van der Waals surface area contributed by atoms with Crippen LogP contribution in [0.25, 0.3) is 0 Å². The van der Waals surface area contributed by atoms with E-state index in [1.54, 1.807) is 7.11 Å². The molecular weight excluding hydrogens is 274 g/mol. The number of nitrogens with zero attached hydrogens (tertiary/aromatic N) is 1. The maximum atomic E-state index is 5.91. The van der Waals surface area contributed by atoms with Crippen molar-refractivity contribution in [1.82, 2.24) is 0 Å². The normalized spacial score (nSPS) is 11.3. The minimum atomic E-state index is 0.437. The standard InChI is InChI=1S/C18H23N3O/c1-3-14-7-9-16(10-8-14)21-18(19)20-12-11-15-5-4-6-17(13-15)22-2/h4-10,13H,3,11-12H2,1-2H3,(H3,19,20,21). The highest BCUT2D eigenvalue weighted by Crippen LogP contribution is 2.13. The smallest absolute Gasteiger partial charge is 0.193 e. The Labute approximate surface area is 132 Å². The SMILES string of the molecule is CCc1ccc(NC(N)=NCCc2cccc(OC)c2)cc1. The molecule has 116 valence electrons. The minimum absolute atomic E-state index is 0.437. The average Bonchev–Trinajstić information content (AvgIpc) is 2.56. The number of nitrogens with two attached hydrogens (primary N) is 1. The van der Waals surface area contributed by atoms with E-state index in [1.165, 1.54) is 11.1 Å². The molecule has 0 aliphatic carbocycles. The van der Waals surface area contributed by atoms with Gasteiger partial charge >= 0.3 is 0 Å². The molecule has 0 atom stereocenters. The van der Waals surface area contributed by atoms with Crippen LogP contribution in [0.5, 0.6) is 5.75 Å². The zero-order valence-electron chi connectivity index (χ0n) is 13.2. The van der Waals surface area contributed by atoms with Gasteiger partial charge < -0.3 is 15.8 Å². The number of anilines is 1. The molecule has 4 nitrogen and oxygen atoms in total. The van der Waals surface area contributed by atoms with E-state index in [0.29, 0.717) is 12.5 Å². The lowest BCUT2D eigenvalue weighted by Gasteiger charge is -2.07. The number of aliphatic imine (C=N–C) groups is 1. The average molecular weight is 297 g/mol. The van der Waals surface area contributed by atoms with Crippen molar-refractivity contribution in [2.75, 3.05) is 19.0 Å². The van der Waals surface area contributed by atoms with Gasteiger partial charge in [0.05, 0.1) is 7.11 Å². The van der Waals surface area contributed by atoms with E-state index in [9.17, 15) is 0 Å². The van der Waals surface area contributed by atoms with Crippen LogP contribution in [0.1, 0.15) is 18.1 Å². The number of hydrogen-bond acceptors (Lipinski definition) is 2. The number of aryl methyl sites for hydroxylation is 1. The number of benzene rings is 2. The van der Waals surface area contributed by atoms with E-state index in [0.717, 1.165) is 24.3 Å². The molecule has 0 saturated carbocycles. The van der Waals surface area contributed by atoms with Gasteiger partial charge in [-0.25, -0.2) is 0 Å². The van der Waals surface area contributed by atoms with Crippen molar-refractivity contribution in [3.63, 3.8) is 0 Å². The molecule has 2 aromatic rings. The molecule has 4 heteroatoms. The second-order valence-electron chi connectivity index (χ2n) is 5.04. The fourth-order valence-corrected chi connectivity index (χ4v) is 2.14.